The normalized spacial score (nSPS) is 12.1. The molecule has 1 rings (SSSR count). The number of esters is 1. The first-order chi connectivity index (χ1) is 15.5. The Labute approximate surface area is 195 Å². The molecule has 0 saturated heterocycles. The van der Waals surface area contributed by atoms with Crippen molar-refractivity contribution < 1.29 is 24.9 Å². The molecule has 0 aromatic heterocycles. The maximum Gasteiger partial charge on any atom is 0.308 e. The average Bonchev–Trinajstić information content (AvgIpc) is 2.77. The van der Waals surface area contributed by atoms with Crippen molar-refractivity contribution in [1.29, 1.82) is 0 Å². The lowest BCUT2D eigenvalue weighted by molar-refractivity contribution is -0.146. The summed E-state index contributed by atoms with van der Waals surface area (Å²) in [7, 11) is 0. The molecule has 5 heteroatoms. The number of aromatic hydroxyl groups is 2. The molecule has 0 aliphatic heterocycles. The molecule has 1 aromatic carbocycles. The highest BCUT2D eigenvalue weighted by Crippen LogP contribution is 2.25. The van der Waals surface area contributed by atoms with Gasteiger partial charge in [-0.25, -0.2) is 0 Å². The maximum atomic E-state index is 11.8. The number of rotatable bonds is 20. The van der Waals surface area contributed by atoms with Gasteiger partial charge in [0.1, 0.15) is 0 Å². The third-order valence-electron chi connectivity index (χ3n) is 5.96. The molecule has 0 fully saturated rings. The second-order valence-electron chi connectivity index (χ2n) is 9.04. The molecule has 0 aliphatic carbocycles. The third kappa shape index (κ3) is 15.1. The quantitative estimate of drug-likeness (QED) is 0.115. The summed E-state index contributed by atoms with van der Waals surface area (Å²) in [6, 6.07) is 4.69. The number of aliphatic hydroxyl groups excluding tert-OH is 1. The zero-order chi connectivity index (χ0) is 23.4. The summed E-state index contributed by atoms with van der Waals surface area (Å²) in [5.74, 6) is -0.644. The van der Waals surface area contributed by atoms with Crippen molar-refractivity contribution in [2.75, 3.05) is 6.61 Å². The number of phenolic OH excluding ortho intramolecular Hbond substituents is 2. The van der Waals surface area contributed by atoms with Crippen molar-refractivity contribution in [3.05, 3.63) is 23.8 Å². The lowest BCUT2D eigenvalue weighted by atomic mass is 10.0. The van der Waals surface area contributed by atoms with E-state index in [2.05, 4.69) is 6.92 Å². The molecule has 3 N–H and O–H groups in total. The van der Waals surface area contributed by atoms with Crippen molar-refractivity contribution in [3.8, 4) is 11.5 Å². The lowest BCUT2D eigenvalue weighted by Gasteiger charge is -2.10. The first kappa shape index (κ1) is 28.3. The molecule has 0 aliphatic rings. The summed E-state index contributed by atoms with van der Waals surface area (Å²) in [6.45, 7) is 2.54. The highest BCUT2D eigenvalue weighted by Gasteiger charge is 2.12. The van der Waals surface area contributed by atoms with Gasteiger partial charge in [0.05, 0.1) is 19.1 Å². The molecular weight excluding hydrogens is 404 g/mol. The maximum absolute atomic E-state index is 11.8. The molecule has 1 atom stereocenters. The highest BCUT2D eigenvalue weighted by molar-refractivity contribution is 5.69. The fourth-order valence-corrected chi connectivity index (χ4v) is 3.94. The molecule has 0 bridgehead atoms. The van der Waals surface area contributed by atoms with Crippen LogP contribution in [-0.2, 0) is 16.0 Å². The van der Waals surface area contributed by atoms with Gasteiger partial charge in [-0.3, -0.25) is 4.79 Å². The molecule has 32 heavy (non-hydrogen) atoms. The van der Waals surface area contributed by atoms with Crippen LogP contribution in [0.4, 0.5) is 0 Å². The molecule has 0 amide bonds. The minimum Gasteiger partial charge on any atom is -0.504 e. The predicted octanol–water partition coefficient (Wildman–Crippen LogP) is 6.81. The molecule has 0 heterocycles. The number of hydrogen-bond acceptors (Lipinski definition) is 5. The molecule has 0 unspecified atom stereocenters. The first-order valence-electron chi connectivity index (χ1n) is 12.9. The van der Waals surface area contributed by atoms with Crippen LogP contribution in [-0.4, -0.2) is 34.0 Å². The Hall–Kier alpha value is -1.75. The minimum atomic E-state index is -0.621. The molecule has 0 saturated carbocycles. The first-order valence-corrected chi connectivity index (χ1v) is 12.9. The zero-order valence-electron chi connectivity index (χ0n) is 20.2. The van der Waals surface area contributed by atoms with Gasteiger partial charge in [0, 0.05) is 0 Å². The van der Waals surface area contributed by atoms with Gasteiger partial charge in [0.15, 0.2) is 11.5 Å². The van der Waals surface area contributed by atoms with E-state index in [-0.39, 0.29) is 30.5 Å². The van der Waals surface area contributed by atoms with Crippen LogP contribution in [0.3, 0.4) is 0 Å². The monoisotopic (exact) mass is 450 g/mol. The Morgan fingerprint density at radius 2 is 1.38 bits per heavy atom. The molecule has 0 spiro atoms. The van der Waals surface area contributed by atoms with Crippen LogP contribution in [0.25, 0.3) is 0 Å². The Kier molecular flexibility index (Phi) is 16.6. The van der Waals surface area contributed by atoms with Crippen LogP contribution in [0, 0.1) is 0 Å². The molecule has 5 nitrogen and oxygen atoms in total. The minimum absolute atomic E-state index is 0.0538. The second kappa shape index (κ2) is 18.8. The fraction of sp³-hybridized carbons (Fsp3) is 0.741. The Bertz CT molecular complexity index is 602. The van der Waals surface area contributed by atoms with Crippen LogP contribution in [0.1, 0.15) is 115 Å². The fourth-order valence-electron chi connectivity index (χ4n) is 3.94. The lowest BCUT2D eigenvalue weighted by Crippen LogP contribution is -2.16. The molecule has 1 aromatic rings. The van der Waals surface area contributed by atoms with E-state index in [1.54, 1.807) is 6.07 Å². The summed E-state index contributed by atoms with van der Waals surface area (Å²) in [5.41, 5.74) is 0.874. The van der Waals surface area contributed by atoms with Gasteiger partial charge < -0.3 is 20.1 Å². The second-order valence-corrected chi connectivity index (χ2v) is 9.04. The molecule has 184 valence electrons. The van der Waals surface area contributed by atoms with E-state index in [0.29, 0.717) is 19.3 Å². The highest BCUT2D eigenvalue weighted by atomic mass is 16.5. The van der Waals surface area contributed by atoms with E-state index in [0.717, 1.165) is 18.4 Å². The number of carbonyl (C=O) groups is 1. The SMILES string of the molecule is CCCCCCCCCCCCCCC[C@H](O)CC(=O)OCCCc1ccc(O)c(O)c1. The number of hydrogen-bond donors (Lipinski definition) is 3. The number of ether oxygens (including phenoxy) is 1. The number of aryl methyl sites for hydroxylation is 1. The standard InChI is InChI=1S/C27H46O5/c1-2-3-4-5-6-7-8-9-10-11-12-13-14-17-24(28)22-27(31)32-20-15-16-23-18-19-25(29)26(30)21-23/h18-19,21,24,28-30H,2-17,20,22H2,1H3/t24-/m0/s1. The van der Waals surface area contributed by atoms with Crippen molar-refractivity contribution in [2.24, 2.45) is 0 Å². The van der Waals surface area contributed by atoms with E-state index in [4.69, 9.17) is 4.74 Å². The summed E-state index contributed by atoms with van der Waals surface area (Å²) in [6.07, 6.45) is 18.2. The summed E-state index contributed by atoms with van der Waals surface area (Å²) in [4.78, 5) is 11.8. The van der Waals surface area contributed by atoms with E-state index in [1.165, 1.54) is 82.8 Å². The van der Waals surface area contributed by atoms with Gasteiger partial charge in [-0.05, 0) is 37.0 Å². The van der Waals surface area contributed by atoms with E-state index >= 15 is 0 Å². The van der Waals surface area contributed by atoms with Gasteiger partial charge in [0.2, 0.25) is 0 Å². The van der Waals surface area contributed by atoms with E-state index < -0.39 is 6.10 Å². The Morgan fingerprint density at radius 1 is 0.812 bits per heavy atom. The van der Waals surface area contributed by atoms with Crippen molar-refractivity contribution in [3.63, 3.8) is 0 Å². The number of benzene rings is 1. The van der Waals surface area contributed by atoms with Gasteiger partial charge in [-0.1, -0.05) is 96.5 Å². The molecule has 0 radical (unpaired) electrons. The predicted molar refractivity (Wildman–Crippen MR) is 130 cm³/mol. The van der Waals surface area contributed by atoms with Gasteiger partial charge in [-0.15, -0.1) is 0 Å². The van der Waals surface area contributed by atoms with Crippen LogP contribution < -0.4 is 0 Å². The molecular formula is C27H46O5. The largest absolute Gasteiger partial charge is 0.504 e. The number of unbranched alkanes of at least 4 members (excludes halogenated alkanes) is 12. The van der Waals surface area contributed by atoms with Crippen LogP contribution >= 0.6 is 0 Å². The van der Waals surface area contributed by atoms with Crippen molar-refractivity contribution >= 4 is 5.97 Å². The van der Waals surface area contributed by atoms with Gasteiger partial charge in [-0.2, -0.15) is 0 Å². The Morgan fingerprint density at radius 3 is 1.94 bits per heavy atom. The number of carbonyl (C=O) groups excluding carboxylic acids is 1. The summed E-state index contributed by atoms with van der Waals surface area (Å²) in [5, 5.41) is 28.8. The van der Waals surface area contributed by atoms with Crippen LogP contribution in [0.15, 0.2) is 18.2 Å². The smallest absolute Gasteiger partial charge is 0.308 e. The van der Waals surface area contributed by atoms with Crippen molar-refractivity contribution in [2.45, 2.75) is 122 Å². The van der Waals surface area contributed by atoms with Crippen LogP contribution in [0.5, 0.6) is 11.5 Å². The number of aliphatic hydroxyl groups is 1. The van der Waals surface area contributed by atoms with Gasteiger partial charge in [0.25, 0.3) is 0 Å². The zero-order valence-corrected chi connectivity index (χ0v) is 20.2. The van der Waals surface area contributed by atoms with E-state index in [9.17, 15) is 20.1 Å². The van der Waals surface area contributed by atoms with Crippen molar-refractivity contribution in [1.82, 2.24) is 0 Å². The van der Waals surface area contributed by atoms with Crippen LogP contribution in [0.2, 0.25) is 0 Å². The average molecular weight is 451 g/mol. The van der Waals surface area contributed by atoms with Gasteiger partial charge >= 0.3 is 5.97 Å². The summed E-state index contributed by atoms with van der Waals surface area (Å²) >= 11 is 0. The number of phenols is 2. The third-order valence-corrected chi connectivity index (χ3v) is 5.96. The topological polar surface area (TPSA) is 87.0 Å². The Balaban J connectivity index is 1.90. The summed E-state index contributed by atoms with van der Waals surface area (Å²) < 4.78 is 5.20. The van der Waals surface area contributed by atoms with E-state index in [1.807, 2.05) is 0 Å².